The van der Waals surface area contributed by atoms with Gasteiger partial charge in [-0.05, 0) is 19.0 Å². The quantitative estimate of drug-likeness (QED) is 0.900. The minimum atomic E-state index is -0.117. The van der Waals surface area contributed by atoms with Gasteiger partial charge in [0.05, 0.1) is 5.02 Å². The van der Waals surface area contributed by atoms with Crippen molar-refractivity contribution in [3.63, 3.8) is 0 Å². The molecule has 2 heterocycles. The highest BCUT2D eigenvalue weighted by Crippen LogP contribution is 2.30. The molecule has 1 amide bonds. The lowest BCUT2D eigenvalue weighted by Gasteiger charge is -2.09. The molecule has 1 aliphatic heterocycles. The zero-order valence-corrected chi connectivity index (χ0v) is 13.5. The van der Waals surface area contributed by atoms with E-state index in [1.165, 1.54) is 11.3 Å². The van der Waals surface area contributed by atoms with E-state index in [-0.39, 0.29) is 24.4 Å². The van der Waals surface area contributed by atoms with Gasteiger partial charge in [-0.3, -0.25) is 4.79 Å². The Labute approximate surface area is 138 Å². The van der Waals surface area contributed by atoms with Gasteiger partial charge in [-0.2, -0.15) is 0 Å². The van der Waals surface area contributed by atoms with E-state index in [1.807, 2.05) is 24.3 Å². The Kier molecular flexibility index (Phi) is 5.58. The number of halogens is 2. The third-order valence-corrected chi connectivity index (χ3v) is 4.44. The van der Waals surface area contributed by atoms with E-state index in [9.17, 15) is 4.79 Å². The van der Waals surface area contributed by atoms with E-state index in [4.69, 9.17) is 11.6 Å². The van der Waals surface area contributed by atoms with E-state index in [0.29, 0.717) is 10.7 Å². The van der Waals surface area contributed by atoms with Crippen LogP contribution in [0.3, 0.4) is 0 Å². The maximum atomic E-state index is 12.1. The first-order valence-electron chi connectivity index (χ1n) is 6.46. The number of nitrogens with zero attached hydrogens (tertiary/aromatic N) is 1. The van der Waals surface area contributed by atoms with Crippen LogP contribution in [0.2, 0.25) is 5.02 Å². The van der Waals surface area contributed by atoms with Crippen molar-refractivity contribution in [1.82, 2.24) is 15.6 Å². The molecule has 112 valence electrons. The highest BCUT2D eigenvalue weighted by Gasteiger charge is 2.19. The first-order valence-corrected chi connectivity index (χ1v) is 7.72. The Balaban J connectivity index is 0.00000161. The van der Waals surface area contributed by atoms with Crippen molar-refractivity contribution in [3.05, 3.63) is 40.4 Å². The van der Waals surface area contributed by atoms with Crippen molar-refractivity contribution in [2.24, 2.45) is 0 Å². The smallest absolute Gasteiger partial charge is 0.271 e. The summed E-state index contributed by atoms with van der Waals surface area (Å²) >= 11 is 7.57. The molecule has 1 aliphatic rings. The molecule has 7 heteroatoms. The zero-order valence-electron chi connectivity index (χ0n) is 11.1. The third-order valence-electron chi connectivity index (χ3n) is 3.24. The number of hydrogen-bond donors (Lipinski definition) is 2. The van der Waals surface area contributed by atoms with Gasteiger partial charge in [0.25, 0.3) is 5.91 Å². The molecular formula is C14H15Cl2N3OS. The van der Waals surface area contributed by atoms with Gasteiger partial charge in [0, 0.05) is 23.5 Å². The largest absolute Gasteiger partial charge is 0.347 e. The molecule has 2 N–H and O–H groups in total. The molecule has 1 fully saturated rings. The number of amides is 1. The van der Waals surface area contributed by atoms with E-state index in [1.54, 1.807) is 5.38 Å². The summed E-state index contributed by atoms with van der Waals surface area (Å²) in [5.41, 5.74) is 1.32. The minimum Gasteiger partial charge on any atom is -0.347 e. The van der Waals surface area contributed by atoms with Crippen LogP contribution in [0.15, 0.2) is 29.6 Å². The van der Waals surface area contributed by atoms with Crippen molar-refractivity contribution in [1.29, 1.82) is 0 Å². The molecule has 0 spiro atoms. The fraction of sp³-hybridized carbons (Fsp3) is 0.286. The van der Waals surface area contributed by atoms with Gasteiger partial charge in [-0.1, -0.05) is 29.8 Å². The van der Waals surface area contributed by atoms with Gasteiger partial charge in [0.2, 0.25) is 0 Å². The van der Waals surface area contributed by atoms with Crippen molar-refractivity contribution < 1.29 is 4.79 Å². The van der Waals surface area contributed by atoms with Crippen LogP contribution in [0.4, 0.5) is 0 Å². The van der Waals surface area contributed by atoms with Crippen molar-refractivity contribution in [2.45, 2.75) is 12.5 Å². The van der Waals surface area contributed by atoms with Gasteiger partial charge in [-0.25, -0.2) is 4.98 Å². The number of carbonyl (C=O) groups is 1. The van der Waals surface area contributed by atoms with Crippen LogP contribution in [0.25, 0.3) is 10.6 Å². The average Bonchev–Trinajstić information content (AvgIpc) is 3.10. The Morgan fingerprint density at radius 2 is 2.24 bits per heavy atom. The normalized spacial score (nSPS) is 17.3. The molecule has 0 bridgehead atoms. The van der Waals surface area contributed by atoms with E-state index in [0.717, 1.165) is 30.1 Å². The molecule has 21 heavy (non-hydrogen) atoms. The molecule has 1 unspecified atom stereocenters. The molecule has 0 saturated carbocycles. The average molecular weight is 344 g/mol. The monoisotopic (exact) mass is 343 g/mol. The first kappa shape index (κ1) is 16.2. The second-order valence-electron chi connectivity index (χ2n) is 4.68. The van der Waals surface area contributed by atoms with Crippen LogP contribution < -0.4 is 10.6 Å². The van der Waals surface area contributed by atoms with Gasteiger partial charge in [-0.15, -0.1) is 23.7 Å². The van der Waals surface area contributed by atoms with Crippen LogP contribution in [0.1, 0.15) is 16.9 Å². The number of benzene rings is 1. The maximum Gasteiger partial charge on any atom is 0.271 e. The molecule has 4 nitrogen and oxygen atoms in total. The molecule has 1 atom stereocenters. The topological polar surface area (TPSA) is 54.0 Å². The predicted octanol–water partition coefficient (Wildman–Crippen LogP) is 2.98. The summed E-state index contributed by atoms with van der Waals surface area (Å²) in [5.74, 6) is -0.117. The second-order valence-corrected chi connectivity index (χ2v) is 5.95. The lowest BCUT2D eigenvalue weighted by Crippen LogP contribution is -2.36. The van der Waals surface area contributed by atoms with Gasteiger partial charge >= 0.3 is 0 Å². The molecule has 2 aromatic rings. The highest BCUT2D eigenvalue weighted by molar-refractivity contribution is 7.13. The molecular weight excluding hydrogens is 329 g/mol. The summed E-state index contributed by atoms with van der Waals surface area (Å²) in [6, 6.07) is 7.71. The van der Waals surface area contributed by atoms with Crippen molar-refractivity contribution in [2.75, 3.05) is 13.1 Å². The first-order chi connectivity index (χ1) is 9.74. The SMILES string of the molecule is Cl.O=C(NC1CCNC1)c1csc(-c2ccccc2Cl)n1. The lowest BCUT2D eigenvalue weighted by molar-refractivity contribution is 0.0936. The summed E-state index contributed by atoms with van der Waals surface area (Å²) in [5, 5.41) is 9.39. The van der Waals surface area contributed by atoms with Gasteiger partial charge < -0.3 is 10.6 Å². The van der Waals surface area contributed by atoms with Crippen LogP contribution in [-0.2, 0) is 0 Å². The summed E-state index contributed by atoms with van der Waals surface area (Å²) < 4.78 is 0. The Morgan fingerprint density at radius 1 is 1.43 bits per heavy atom. The maximum absolute atomic E-state index is 12.1. The lowest BCUT2D eigenvalue weighted by atomic mass is 10.2. The van der Waals surface area contributed by atoms with Crippen LogP contribution in [0.5, 0.6) is 0 Å². The number of thiazole rings is 1. The molecule has 1 aromatic heterocycles. The van der Waals surface area contributed by atoms with Crippen LogP contribution >= 0.6 is 35.3 Å². The zero-order chi connectivity index (χ0) is 13.9. The van der Waals surface area contributed by atoms with Crippen LogP contribution in [-0.4, -0.2) is 30.0 Å². The number of rotatable bonds is 3. The Hall–Kier alpha value is -1.14. The number of nitrogens with one attached hydrogen (secondary N) is 2. The number of carbonyl (C=O) groups excluding carboxylic acids is 1. The fourth-order valence-corrected chi connectivity index (χ4v) is 3.29. The second kappa shape index (κ2) is 7.22. The van der Waals surface area contributed by atoms with E-state index >= 15 is 0 Å². The van der Waals surface area contributed by atoms with Crippen LogP contribution in [0, 0.1) is 0 Å². The summed E-state index contributed by atoms with van der Waals surface area (Å²) in [4.78, 5) is 16.5. The van der Waals surface area contributed by atoms with Gasteiger partial charge in [0.15, 0.2) is 0 Å². The van der Waals surface area contributed by atoms with E-state index in [2.05, 4.69) is 15.6 Å². The summed E-state index contributed by atoms with van der Waals surface area (Å²) in [7, 11) is 0. The Morgan fingerprint density at radius 3 is 2.95 bits per heavy atom. The Bertz CT molecular complexity index is 626. The third kappa shape index (κ3) is 3.74. The molecule has 3 rings (SSSR count). The summed E-state index contributed by atoms with van der Waals surface area (Å²) in [6.07, 6.45) is 0.966. The van der Waals surface area contributed by atoms with Gasteiger partial charge in [0.1, 0.15) is 10.7 Å². The molecule has 0 aliphatic carbocycles. The molecule has 0 radical (unpaired) electrons. The minimum absolute atomic E-state index is 0. The number of hydrogen-bond acceptors (Lipinski definition) is 4. The highest BCUT2D eigenvalue weighted by atomic mass is 35.5. The summed E-state index contributed by atoms with van der Waals surface area (Å²) in [6.45, 7) is 1.78. The van der Waals surface area contributed by atoms with Crippen molar-refractivity contribution in [3.8, 4) is 10.6 Å². The van der Waals surface area contributed by atoms with Crippen molar-refractivity contribution >= 4 is 41.3 Å². The predicted molar refractivity (Wildman–Crippen MR) is 88.5 cm³/mol. The molecule has 1 aromatic carbocycles. The molecule has 1 saturated heterocycles. The number of aromatic nitrogens is 1. The van der Waals surface area contributed by atoms with E-state index < -0.39 is 0 Å². The fourth-order valence-electron chi connectivity index (χ4n) is 2.17. The standard InChI is InChI=1S/C14H14ClN3OS.ClH/c15-11-4-2-1-3-10(11)14-18-12(8-20-14)13(19)17-9-5-6-16-7-9;/h1-4,8-9,16H,5-7H2,(H,17,19);1H.